The molecule has 124 valence electrons. The van der Waals surface area contributed by atoms with Gasteiger partial charge in [-0.05, 0) is 17.7 Å². The molecule has 0 saturated heterocycles. The molecule has 3 heterocycles. The highest BCUT2D eigenvalue weighted by Crippen LogP contribution is 2.47. The van der Waals surface area contributed by atoms with Crippen LogP contribution in [0, 0.1) is 0 Å². The van der Waals surface area contributed by atoms with E-state index in [1.165, 1.54) is 21.8 Å². The molecule has 3 nitrogen and oxygen atoms in total. The van der Waals surface area contributed by atoms with Gasteiger partial charge in [-0.2, -0.15) is 0 Å². The van der Waals surface area contributed by atoms with Crippen LogP contribution < -0.4 is 0 Å². The fourth-order valence-electron chi connectivity index (χ4n) is 2.85. The molecule has 0 amide bonds. The minimum Gasteiger partial charge on any atom is -0.368 e. The molecule has 4 rings (SSSR count). The van der Waals surface area contributed by atoms with E-state index in [-0.39, 0.29) is 11.4 Å². The maximum absolute atomic E-state index is 6.27. The van der Waals surface area contributed by atoms with Gasteiger partial charge in [-0.3, -0.25) is 0 Å². The summed E-state index contributed by atoms with van der Waals surface area (Å²) in [6.45, 7) is 0.455. The van der Waals surface area contributed by atoms with Crippen molar-refractivity contribution in [2.24, 2.45) is 0 Å². The standard InChI is InChI=1S/C17H14Cl2N2OS2/c18-14-7-10(17(19)24-14)9-22-16-11-3-1-2-4-12(11)23-13(16)8-15-20-5-6-21-15/h1-7,13,16H,8-9H2,(H,20,21)/t13-,16-/m0/s1. The van der Waals surface area contributed by atoms with E-state index < -0.39 is 0 Å². The lowest BCUT2D eigenvalue weighted by Gasteiger charge is -2.19. The molecular formula is C17H14Cl2N2OS2. The molecule has 1 aliphatic rings. The second-order valence-electron chi connectivity index (χ2n) is 5.52. The van der Waals surface area contributed by atoms with Gasteiger partial charge in [-0.1, -0.05) is 41.4 Å². The van der Waals surface area contributed by atoms with E-state index in [9.17, 15) is 0 Å². The number of hydrogen-bond acceptors (Lipinski definition) is 4. The van der Waals surface area contributed by atoms with Crippen molar-refractivity contribution in [3.8, 4) is 0 Å². The van der Waals surface area contributed by atoms with Crippen molar-refractivity contribution in [3.63, 3.8) is 0 Å². The van der Waals surface area contributed by atoms with Crippen LogP contribution >= 0.6 is 46.3 Å². The minimum absolute atomic E-state index is 0.00559. The maximum Gasteiger partial charge on any atom is 0.107 e. The molecule has 0 bridgehead atoms. The second-order valence-corrected chi connectivity index (χ2v) is 9.08. The van der Waals surface area contributed by atoms with Crippen LogP contribution in [-0.4, -0.2) is 15.2 Å². The van der Waals surface area contributed by atoms with Crippen molar-refractivity contribution in [1.29, 1.82) is 0 Å². The number of halogens is 2. The van der Waals surface area contributed by atoms with Crippen LogP contribution in [0.5, 0.6) is 0 Å². The summed E-state index contributed by atoms with van der Waals surface area (Å²) in [4.78, 5) is 8.80. The number of imidazole rings is 1. The van der Waals surface area contributed by atoms with Crippen LogP contribution in [0.4, 0.5) is 0 Å². The van der Waals surface area contributed by atoms with Crippen LogP contribution in [0.25, 0.3) is 0 Å². The van der Waals surface area contributed by atoms with Crippen molar-refractivity contribution in [1.82, 2.24) is 9.97 Å². The van der Waals surface area contributed by atoms with E-state index in [4.69, 9.17) is 27.9 Å². The number of rotatable bonds is 5. The van der Waals surface area contributed by atoms with Crippen molar-refractivity contribution in [3.05, 3.63) is 68.3 Å². The molecule has 0 fully saturated rings. The summed E-state index contributed by atoms with van der Waals surface area (Å²) in [6.07, 6.45) is 4.47. The fourth-order valence-corrected chi connectivity index (χ4v) is 5.70. The lowest BCUT2D eigenvalue weighted by Crippen LogP contribution is -2.17. The molecular weight excluding hydrogens is 383 g/mol. The summed E-state index contributed by atoms with van der Waals surface area (Å²) in [5, 5.41) is 0.279. The average Bonchev–Trinajstić information content (AvgIpc) is 3.26. The van der Waals surface area contributed by atoms with Crippen LogP contribution in [0.3, 0.4) is 0 Å². The average molecular weight is 397 g/mol. The Morgan fingerprint density at radius 1 is 1.25 bits per heavy atom. The van der Waals surface area contributed by atoms with E-state index >= 15 is 0 Å². The summed E-state index contributed by atoms with van der Waals surface area (Å²) in [7, 11) is 0. The maximum atomic E-state index is 6.27. The number of thiophene rings is 1. The largest absolute Gasteiger partial charge is 0.368 e. The van der Waals surface area contributed by atoms with Crippen molar-refractivity contribution in [2.45, 2.75) is 29.3 Å². The molecule has 1 N–H and O–H groups in total. The third kappa shape index (κ3) is 3.37. The Morgan fingerprint density at radius 3 is 2.88 bits per heavy atom. The van der Waals surface area contributed by atoms with Gasteiger partial charge in [0.15, 0.2) is 0 Å². The number of fused-ring (bicyclic) bond motifs is 1. The number of nitrogens with one attached hydrogen (secondary N) is 1. The molecule has 0 saturated carbocycles. The van der Waals surface area contributed by atoms with Crippen molar-refractivity contribution >= 4 is 46.3 Å². The highest BCUT2D eigenvalue weighted by Gasteiger charge is 2.34. The highest BCUT2D eigenvalue weighted by molar-refractivity contribution is 8.00. The molecule has 3 aromatic rings. The van der Waals surface area contributed by atoms with Gasteiger partial charge in [-0.15, -0.1) is 23.1 Å². The first-order chi connectivity index (χ1) is 11.7. The van der Waals surface area contributed by atoms with E-state index in [0.29, 0.717) is 15.3 Å². The molecule has 24 heavy (non-hydrogen) atoms. The summed E-state index contributed by atoms with van der Waals surface area (Å²) in [5.41, 5.74) is 2.18. The summed E-state index contributed by atoms with van der Waals surface area (Å²) >= 11 is 15.5. The summed E-state index contributed by atoms with van der Waals surface area (Å²) in [5.74, 6) is 0.977. The van der Waals surface area contributed by atoms with Crippen LogP contribution in [-0.2, 0) is 17.8 Å². The highest BCUT2D eigenvalue weighted by atomic mass is 35.5. The molecule has 0 aliphatic carbocycles. The molecule has 0 radical (unpaired) electrons. The van der Waals surface area contributed by atoms with Gasteiger partial charge in [0.1, 0.15) is 5.82 Å². The Hall–Kier alpha value is -0.980. The number of nitrogens with zero attached hydrogens (tertiary/aromatic N) is 1. The quantitative estimate of drug-likeness (QED) is 0.596. The Bertz CT molecular complexity index is 833. The number of aromatic nitrogens is 2. The van der Waals surface area contributed by atoms with Crippen molar-refractivity contribution < 1.29 is 4.74 Å². The molecule has 0 unspecified atom stereocenters. The smallest absolute Gasteiger partial charge is 0.107 e. The van der Waals surface area contributed by atoms with Gasteiger partial charge >= 0.3 is 0 Å². The number of ether oxygens (including phenoxy) is 1. The molecule has 1 aliphatic heterocycles. The zero-order valence-corrected chi connectivity index (χ0v) is 15.7. The third-order valence-corrected chi connectivity index (χ3v) is 6.85. The van der Waals surface area contributed by atoms with Gasteiger partial charge < -0.3 is 9.72 Å². The summed E-state index contributed by atoms with van der Waals surface area (Å²) < 4.78 is 7.65. The zero-order valence-electron chi connectivity index (χ0n) is 12.5. The minimum atomic E-state index is 0.00559. The Kier molecular flexibility index (Phi) is 4.88. The zero-order chi connectivity index (χ0) is 16.5. The van der Waals surface area contributed by atoms with Gasteiger partial charge in [0.25, 0.3) is 0 Å². The Labute approximate surface area is 158 Å². The number of benzene rings is 1. The predicted octanol–water partition coefficient (Wildman–Crippen LogP) is 5.75. The van der Waals surface area contributed by atoms with Gasteiger partial charge in [0.2, 0.25) is 0 Å². The topological polar surface area (TPSA) is 37.9 Å². The number of H-pyrrole nitrogens is 1. The van der Waals surface area contributed by atoms with Crippen LogP contribution in [0.1, 0.15) is 23.1 Å². The monoisotopic (exact) mass is 396 g/mol. The predicted molar refractivity (Wildman–Crippen MR) is 100 cm³/mol. The Balaban J connectivity index is 1.55. The number of thioether (sulfide) groups is 1. The SMILES string of the molecule is Clc1cc(CO[C@H]2c3ccccc3S[C@H]2Cc2ncc[nH]2)c(Cl)s1. The van der Waals surface area contributed by atoms with E-state index in [2.05, 4.69) is 34.2 Å². The van der Waals surface area contributed by atoms with E-state index in [0.717, 1.165) is 17.8 Å². The summed E-state index contributed by atoms with van der Waals surface area (Å²) in [6, 6.07) is 10.3. The van der Waals surface area contributed by atoms with Crippen LogP contribution in [0.2, 0.25) is 8.67 Å². The third-order valence-electron chi connectivity index (χ3n) is 3.94. The molecule has 2 aromatic heterocycles. The first-order valence-electron chi connectivity index (χ1n) is 7.50. The molecule has 0 spiro atoms. The van der Waals surface area contributed by atoms with Gasteiger partial charge in [0, 0.05) is 34.5 Å². The normalized spacial score (nSPS) is 19.6. The molecule has 2 atom stereocenters. The van der Waals surface area contributed by atoms with E-state index in [1.807, 2.05) is 24.0 Å². The van der Waals surface area contributed by atoms with E-state index in [1.54, 1.807) is 6.20 Å². The lowest BCUT2D eigenvalue weighted by molar-refractivity contribution is 0.0394. The van der Waals surface area contributed by atoms with Crippen molar-refractivity contribution in [2.75, 3.05) is 0 Å². The first kappa shape index (κ1) is 16.5. The number of hydrogen-bond donors (Lipinski definition) is 1. The molecule has 1 aromatic carbocycles. The molecule has 7 heteroatoms. The number of aromatic amines is 1. The lowest BCUT2D eigenvalue weighted by atomic mass is 10.0. The van der Waals surface area contributed by atoms with Gasteiger partial charge in [-0.25, -0.2) is 4.98 Å². The second kappa shape index (κ2) is 7.10. The van der Waals surface area contributed by atoms with Gasteiger partial charge in [0.05, 0.1) is 21.4 Å². The van der Waals surface area contributed by atoms with Crippen LogP contribution in [0.15, 0.2) is 47.6 Å². The first-order valence-corrected chi connectivity index (χ1v) is 9.95. The fraction of sp³-hybridized carbons (Fsp3) is 0.235. The Morgan fingerprint density at radius 2 is 2.12 bits per heavy atom.